The molecule has 2 amide bonds. The van der Waals surface area contributed by atoms with Gasteiger partial charge < -0.3 is 15.0 Å². The molecule has 1 saturated heterocycles. The van der Waals surface area contributed by atoms with Crippen LogP contribution in [0.5, 0.6) is 0 Å². The number of ether oxygens (including phenoxy) is 1. The first-order valence-electron chi connectivity index (χ1n) is 5.92. The third-order valence-corrected chi connectivity index (χ3v) is 5.01. The summed E-state index contributed by atoms with van der Waals surface area (Å²) in [5.41, 5.74) is 0. The first-order chi connectivity index (χ1) is 9.22. The highest BCUT2D eigenvalue weighted by atomic mass is 32.2. The van der Waals surface area contributed by atoms with Gasteiger partial charge in [-0.1, -0.05) is 6.07 Å². The number of nitrogens with one attached hydrogen (secondary N) is 1. The van der Waals surface area contributed by atoms with Crippen molar-refractivity contribution in [3.8, 4) is 0 Å². The first-order valence-corrected chi connectivity index (χ1v) is 7.85. The zero-order valence-electron chi connectivity index (χ0n) is 10.6. The zero-order chi connectivity index (χ0) is 13.7. The Labute approximate surface area is 120 Å². The van der Waals surface area contributed by atoms with Crippen LogP contribution in [0, 0.1) is 0 Å². The van der Waals surface area contributed by atoms with E-state index in [-0.39, 0.29) is 23.7 Å². The molecule has 1 atom stereocenters. The van der Waals surface area contributed by atoms with Gasteiger partial charge in [0, 0.05) is 18.5 Å². The number of carbonyl (C=O) groups excluding carboxylic acids is 2. The topological polar surface area (TPSA) is 58.6 Å². The van der Waals surface area contributed by atoms with Crippen molar-refractivity contribution in [2.24, 2.45) is 0 Å². The number of hydrogen-bond acceptors (Lipinski definition) is 5. The van der Waals surface area contributed by atoms with Crippen LogP contribution < -0.4 is 5.32 Å². The lowest BCUT2D eigenvalue weighted by atomic mass is 10.3. The van der Waals surface area contributed by atoms with Gasteiger partial charge >= 0.3 is 0 Å². The van der Waals surface area contributed by atoms with Gasteiger partial charge in [-0.05, 0) is 11.4 Å². The molecule has 2 rings (SSSR count). The lowest BCUT2D eigenvalue weighted by molar-refractivity contribution is -0.133. The number of thiophene rings is 1. The molecule has 1 N–H and O–H groups in total. The van der Waals surface area contributed by atoms with Crippen molar-refractivity contribution in [3.05, 3.63) is 22.4 Å². The molecule has 1 aliphatic rings. The maximum absolute atomic E-state index is 11.9. The minimum atomic E-state index is -0.144. The summed E-state index contributed by atoms with van der Waals surface area (Å²) >= 11 is 3.18. The van der Waals surface area contributed by atoms with Crippen LogP contribution in [0.3, 0.4) is 0 Å². The fourth-order valence-corrected chi connectivity index (χ4v) is 3.96. The number of hydrogen-bond donors (Lipinski definition) is 1. The van der Waals surface area contributed by atoms with E-state index in [0.717, 1.165) is 4.88 Å². The average molecular weight is 300 g/mol. The van der Waals surface area contributed by atoms with Crippen LogP contribution in [0.1, 0.15) is 10.3 Å². The monoisotopic (exact) mass is 300 g/mol. The fourth-order valence-electron chi connectivity index (χ4n) is 1.80. The summed E-state index contributed by atoms with van der Waals surface area (Å²) in [7, 11) is 1.58. The van der Waals surface area contributed by atoms with Crippen LogP contribution >= 0.6 is 23.1 Å². The Balaban J connectivity index is 1.93. The standard InChI is InChI=1S/C12H16N2O3S2/c1-17-5-4-13-10(15)7-14-11(16)8-19-12(14)9-3-2-6-18-9/h2-3,6,12H,4-5,7-8H2,1H3,(H,13,15). The lowest BCUT2D eigenvalue weighted by Crippen LogP contribution is -2.40. The number of carbonyl (C=O) groups is 2. The molecule has 0 spiro atoms. The third kappa shape index (κ3) is 3.71. The number of methoxy groups -OCH3 is 1. The van der Waals surface area contributed by atoms with E-state index in [1.807, 2.05) is 17.5 Å². The predicted molar refractivity (Wildman–Crippen MR) is 76.1 cm³/mol. The second-order valence-electron chi connectivity index (χ2n) is 4.04. The molecule has 2 heterocycles. The van der Waals surface area contributed by atoms with E-state index < -0.39 is 0 Å². The summed E-state index contributed by atoms with van der Waals surface area (Å²) in [4.78, 5) is 26.4. The van der Waals surface area contributed by atoms with Gasteiger partial charge in [-0.25, -0.2) is 0 Å². The van der Waals surface area contributed by atoms with Gasteiger partial charge in [0.15, 0.2) is 0 Å². The van der Waals surface area contributed by atoms with Crippen molar-refractivity contribution in [3.63, 3.8) is 0 Å². The van der Waals surface area contributed by atoms with Crippen LogP contribution in [0.4, 0.5) is 0 Å². The molecular weight excluding hydrogens is 284 g/mol. The number of rotatable bonds is 6. The van der Waals surface area contributed by atoms with Crippen molar-refractivity contribution in [2.45, 2.75) is 5.37 Å². The fraction of sp³-hybridized carbons (Fsp3) is 0.500. The summed E-state index contributed by atoms with van der Waals surface area (Å²) in [6, 6.07) is 3.96. The van der Waals surface area contributed by atoms with Crippen molar-refractivity contribution in [2.75, 3.05) is 32.6 Å². The Hall–Kier alpha value is -1.05. The number of nitrogens with zero attached hydrogens (tertiary/aromatic N) is 1. The Morgan fingerprint density at radius 2 is 2.47 bits per heavy atom. The highest BCUT2D eigenvalue weighted by Crippen LogP contribution is 2.40. The maximum Gasteiger partial charge on any atom is 0.239 e. The summed E-state index contributed by atoms with van der Waals surface area (Å²) in [5.74, 6) is 0.313. The third-order valence-electron chi connectivity index (χ3n) is 2.70. The van der Waals surface area contributed by atoms with Crippen molar-refractivity contribution in [1.82, 2.24) is 10.2 Å². The maximum atomic E-state index is 11.9. The van der Waals surface area contributed by atoms with Crippen LogP contribution in [-0.4, -0.2) is 49.3 Å². The van der Waals surface area contributed by atoms with Gasteiger partial charge in [0.1, 0.15) is 11.9 Å². The molecule has 19 heavy (non-hydrogen) atoms. The summed E-state index contributed by atoms with van der Waals surface area (Å²) in [6.07, 6.45) is 0. The minimum Gasteiger partial charge on any atom is -0.383 e. The van der Waals surface area contributed by atoms with E-state index >= 15 is 0 Å². The van der Waals surface area contributed by atoms with E-state index in [2.05, 4.69) is 5.32 Å². The Morgan fingerprint density at radius 3 is 3.16 bits per heavy atom. The van der Waals surface area contributed by atoms with Crippen LogP contribution in [0.2, 0.25) is 0 Å². The molecule has 0 radical (unpaired) electrons. The van der Waals surface area contributed by atoms with Gasteiger partial charge in [0.2, 0.25) is 11.8 Å². The molecule has 0 aliphatic carbocycles. The number of amides is 2. The van der Waals surface area contributed by atoms with E-state index in [0.29, 0.717) is 18.9 Å². The lowest BCUT2D eigenvalue weighted by Gasteiger charge is -2.22. The van der Waals surface area contributed by atoms with E-state index in [9.17, 15) is 9.59 Å². The molecule has 1 aliphatic heterocycles. The van der Waals surface area contributed by atoms with Crippen molar-refractivity contribution < 1.29 is 14.3 Å². The van der Waals surface area contributed by atoms with Gasteiger partial charge in [-0.15, -0.1) is 23.1 Å². The predicted octanol–water partition coefficient (Wildman–Crippen LogP) is 1.08. The largest absolute Gasteiger partial charge is 0.383 e. The molecular formula is C12H16N2O3S2. The van der Waals surface area contributed by atoms with Gasteiger partial charge in [0.25, 0.3) is 0 Å². The van der Waals surface area contributed by atoms with Gasteiger partial charge in [-0.2, -0.15) is 0 Å². The zero-order valence-corrected chi connectivity index (χ0v) is 12.3. The van der Waals surface area contributed by atoms with E-state index in [1.54, 1.807) is 35.1 Å². The van der Waals surface area contributed by atoms with Gasteiger partial charge in [0.05, 0.1) is 12.4 Å². The van der Waals surface area contributed by atoms with Crippen LogP contribution in [-0.2, 0) is 14.3 Å². The van der Waals surface area contributed by atoms with Crippen molar-refractivity contribution in [1.29, 1.82) is 0 Å². The molecule has 0 aromatic carbocycles. The molecule has 1 aromatic heterocycles. The first kappa shape index (κ1) is 14.4. The molecule has 7 heteroatoms. The molecule has 1 fully saturated rings. The quantitative estimate of drug-likeness (QED) is 0.799. The van der Waals surface area contributed by atoms with Gasteiger partial charge in [-0.3, -0.25) is 9.59 Å². The second kappa shape index (κ2) is 6.93. The minimum absolute atomic E-state index is 0.0188. The highest BCUT2D eigenvalue weighted by Gasteiger charge is 2.34. The SMILES string of the molecule is COCCNC(=O)CN1C(=O)CSC1c1cccs1. The normalized spacial score (nSPS) is 18.9. The smallest absolute Gasteiger partial charge is 0.239 e. The molecule has 1 aromatic rings. The Bertz CT molecular complexity index is 436. The highest BCUT2D eigenvalue weighted by molar-refractivity contribution is 8.00. The van der Waals surface area contributed by atoms with E-state index in [1.165, 1.54) is 0 Å². The summed E-state index contributed by atoms with van der Waals surface area (Å²) in [6.45, 7) is 1.05. The molecule has 104 valence electrons. The Kier molecular flexibility index (Phi) is 5.24. The summed E-state index contributed by atoms with van der Waals surface area (Å²) in [5, 5.41) is 4.69. The van der Waals surface area contributed by atoms with Crippen LogP contribution in [0.25, 0.3) is 0 Å². The second-order valence-corrected chi connectivity index (χ2v) is 6.09. The molecule has 0 saturated carbocycles. The Morgan fingerprint density at radius 1 is 1.63 bits per heavy atom. The molecule has 1 unspecified atom stereocenters. The average Bonchev–Trinajstić information content (AvgIpc) is 3.01. The van der Waals surface area contributed by atoms with Crippen molar-refractivity contribution >= 4 is 34.9 Å². The molecule has 5 nitrogen and oxygen atoms in total. The summed E-state index contributed by atoms with van der Waals surface area (Å²) < 4.78 is 4.87. The van der Waals surface area contributed by atoms with Crippen LogP contribution in [0.15, 0.2) is 17.5 Å². The number of thioether (sulfide) groups is 1. The van der Waals surface area contributed by atoms with E-state index in [4.69, 9.17) is 4.74 Å². The molecule has 0 bridgehead atoms.